The zero-order valence-corrected chi connectivity index (χ0v) is 15.3. The Kier molecular flexibility index (Phi) is 6.03. The van der Waals surface area contributed by atoms with Crippen molar-refractivity contribution < 1.29 is 27.9 Å². The Morgan fingerprint density at radius 3 is 2.31 bits per heavy atom. The van der Waals surface area contributed by atoms with E-state index in [0.717, 1.165) is 0 Å². The topological polar surface area (TPSA) is 97.6 Å². The van der Waals surface area contributed by atoms with Crippen LogP contribution in [-0.2, 0) is 9.53 Å². The van der Waals surface area contributed by atoms with Gasteiger partial charge in [0.05, 0.1) is 0 Å². The first-order valence-corrected chi connectivity index (χ1v) is 8.62. The number of amides is 3. The van der Waals surface area contributed by atoms with Gasteiger partial charge in [-0.25, -0.2) is 14.0 Å². The molecular weight excluding hydrogens is 379 g/mol. The molecule has 1 aromatic heterocycles. The van der Waals surface area contributed by atoms with E-state index >= 15 is 0 Å². The zero-order chi connectivity index (χ0) is 20.8. The van der Waals surface area contributed by atoms with Gasteiger partial charge in [-0.15, -0.1) is 0 Å². The van der Waals surface area contributed by atoms with E-state index in [1.165, 1.54) is 43.4 Å². The summed E-state index contributed by atoms with van der Waals surface area (Å²) in [6.45, 7) is 0. The van der Waals surface area contributed by atoms with Crippen molar-refractivity contribution in [3.63, 3.8) is 0 Å². The minimum absolute atomic E-state index is 0.141. The molecule has 0 radical (unpaired) electrons. The smallest absolute Gasteiger partial charge is 0.375 e. The molecule has 148 valence electrons. The van der Waals surface area contributed by atoms with Crippen LogP contribution in [0.3, 0.4) is 0 Å². The molecule has 0 saturated heterocycles. The van der Waals surface area contributed by atoms with Crippen LogP contribution in [0.4, 0.5) is 9.18 Å². The lowest BCUT2D eigenvalue weighted by molar-refractivity contribution is -0.129. The van der Waals surface area contributed by atoms with Crippen molar-refractivity contribution in [2.24, 2.45) is 0 Å². The van der Waals surface area contributed by atoms with E-state index < -0.39 is 29.8 Å². The van der Waals surface area contributed by atoms with Gasteiger partial charge < -0.3 is 14.5 Å². The van der Waals surface area contributed by atoms with E-state index in [1.807, 2.05) is 0 Å². The summed E-state index contributed by atoms with van der Waals surface area (Å²) in [7, 11) is 1.35. The van der Waals surface area contributed by atoms with Crippen molar-refractivity contribution in [3.8, 4) is 11.3 Å². The van der Waals surface area contributed by atoms with Gasteiger partial charge in [-0.1, -0.05) is 30.3 Å². The second kappa shape index (κ2) is 8.83. The van der Waals surface area contributed by atoms with Crippen molar-refractivity contribution in [1.29, 1.82) is 0 Å². The number of carbonyl (C=O) groups excluding carboxylic acids is 3. The van der Waals surface area contributed by atoms with Gasteiger partial charge in [-0.05, 0) is 36.4 Å². The second-order valence-corrected chi connectivity index (χ2v) is 5.94. The van der Waals surface area contributed by atoms with E-state index in [2.05, 4.69) is 10.6 Å². The fourth-order valence-corrected chi connectivity index (χ4v) is 2.52. The molecule has 0 bridgehead atoms. The van der Waals surface area contributed by atoms with Crippen molar-refractivity contribution in [1.82, 2.24) is 10.6 Å². The van der Waals surface area contributed by atoms with Gasteiger partial charge in [-0.3, -0.25) is 10.1 Å². The number of nitrogens with one attached hydrogen (secondary N) is 2. The molecule has 0 aliphatic carbocycles. The first kappa shape index (κ1) is 19.8. The maximum atomic E-state index is 13.1. The normalized spacial score (nSPS) is 11.4. The van der Waals surface area contributed by atoms with Crippen LogP contribution in [-0.4, -0.2) is 25.0 Å². The quantitative estimate of drug-likeness (QED) is 0.644. The second-order valence-electron chi connectivity index (χ2n) is 5.94. The van der Waals surface area contributed by atoms with Crippen LogP contribution in [0.15, 0.2) is 71.1 Å². The number of benzene rings is 2. The molecule has 0 aliphatic heterocycles. The fourth-order valence-electron chi connectivity index (χ4n) is 2.52. The molecule has 0 saturated carbocycles. The summed E-state index contributed by atoms with van der Waals surface area (Å²) in [5, 5.41) is 4.35. The molecule has 2 N–H and O–H groups in total. The maximum Gasteiger partial charge on any atom is 0.375 e. The van der Waals surface area contributed by atoms with Crippen molar-refractivity contribution in [3.05, 3.63) is 83.9 Å². The highest BCUT2D eigenvalue weighted by Gasteiger charge is 2.28. The number of hydrogen-bond acceptors (Lipinski definition) is 5. The highest BCUT2D eigenvalue weighted by molar-refractivity contribution is 5.98. The molecule has 1 heterocycles. The Morgan fingerprint density at radius 2 is 1.66 bits per heavy atom. The molecule has 0 spiro atoms. The number of hydrogen-bond donors (Lipinski definition) is 2. The molecule has 0 aliphatic rings. The molecule has 0 fully saturated rings. The third-order valence-corrected chi connectivity index (χ3v) is 3.97. The van der Waals surface area contributed by atoms with Crippen LogP contribution in [0.1, 0.15) is 22.2 Å². The van der Waals surface area contributed by atoms with Gasteiger partial charge in [0.2, 0.25) is 11.9 Å². The van der Waals surface area contributed by atoms with Gasteiger partial charge in [0.25, 0.3) is 5.91 Å². The Balaban J connectivity index is 1.80. The van der Waals surface area contributed by atoms with Crippen LogP contribution < -0.4 is 10.6 Å². The standard InChI is InChI=1S/C21H17FN2O5/c1-23-21(27)24-19(25)18(14-5-3-2-4-6-14)29-20(26)17-12-11-16(28-17)13-7-9-15(22)10-8-13/h2-12,18H,1H3,(H2,23,24,25,27). The summed E-state index contributed by atoms with van der Waals surface area (Å²) in [6, 6.07) is 16.0. The van der Waals surface area contributed by atoms with E-state index in [0.29, 0.717) is 16.9 Å². The van der Waals surface area contributed by atoms with Gasteiger partial charge in [0.1, 0.15) is 11.6 Å². The number of carbonyl (C=O) groups is 3. The summed E-state index contributed by atoms with van der Waals surface area (Å²) in [6.07, 6.45) is -1.36. The van der Waals surface area contributed by atoms with Crippen LogP contribution in [0.5, 0.6) is 0 Å². The Bertz CT molecular complexity index is 1020. The molecule has 8 heteroatoms. The number of imide groups is 1. The molecule has 29 heavy (non-hydrogen) atoms. The van der Waals surface area contributed by atoms with Crippen LogP contribution in [0, 0.1) is 5.82 Å². The maximum absolute atomic E-state index is 13.1. The summed E-state index contributed by atoms with van der Waals surface area (Å²) >= 11 is 0. The van der Waals surface area contributed by atoms with Gasteiger partial charge in [0, 0.05) is 18.2 Å². The van der Waals surface area contributed by atoms with E-state index in [-0.39, 0.29) is 5.76 Å². The molecule has 3 aromatic rings. The number of rotatable bonds is 5. The van der Waals surface area contributed by atoms with Crippen molar-refractivity contribution >= 4 is 17.9 Å². The lowest BCUT2D eigenvalue weighted by atomic mass is 10.1. The van der Waals surface area contributed by atoms with Crippen LogP contribution in [0.2, 0.25) is 0 Å². The number of esters is 1. The predicted molar refractivity (Wildman–Crippen MR) is 101 cm³/mol. The van der Waals surface area contributed by atoms with Crippen LogP contribution >= 0.6 is 0 Å². The number of halogens is 1. The minimum Gasteiger partial charge on any atom is -0.449 e. The highest BCUT2D eigenvalue weighted by atomic mass is 19.1. The van der Waals surface area contributed by atoms with Gasteiger partial charge >= 0.3 is 12.0 Å². The molecule has 3 amide bonds. The molecule has 1 unspecified atom stereocenters. The summed E-state index contributed by atoms with van der Waals surface area (Å²) < 4.78 is 23.9. The van der Waals surface area contributed by atoms with Crippen molar-refractivity contribution in [2.75, 3.05) is 7.05 Å². The Hall–Kier alpha value is -3.94. The zero-order valence-electron chi connectivity index (χ0n) is 15.3. The lowest BCUT2D eigenvalue weighted by Crippen LogP contribution is -2.41. The largest absolute Gasteiger partial charge is 0.449 e. The van der Waals surface area contributed by atoms with E-state index in [4.69, 9.17) is 9.15 Å². The summed E-state index contributed by atoms with van der Waals surface area (Å²) in [4.78, 5) is 36.4. The fraction of sp³-hybridized carbons (Fsp3) is 0.0952. The minimum atomic E-state index is -1.36. The molecule has 1 atom stereocenters. The number of furan rings is 1. The Morgan fingerprint density at radius 1 is 0.966 bits per heavy atom. The lowest BCUT2D eigenvalue weighted by Gasteiger charge is -2.16. The average Bonchev–Trinajstić information content (AvgIpc) is 3.23. The average molecular weight is 396 g/mol. The van der Waals surface area contributed by atoms with Gasteiger partial charge in [0.15, 0.2) is 0 Å². The molecular formula is C21H17FN2O5. The van der Waals surface area contributed by atoms with Gasteiger partial charge in [-0.2, -0.15) is 0 Å². The number of urea groups is 1. The first-order chi connectivity index (χ1) is 14.0. The third-order valence-electron chi connectivity index (χ3n) is 3.97. The summed E-state index contributed by atoms with van der Waals surface area (Å²) in [5.41, 5.74) is 0.954. The highest BCUT2D eigenvalue weighted by Crippen LogP contribution is 2.25. The predicted octanol–water partition coefficient (Wildman–Crippen LogP) is 3.44. The first-order valence-electron chi connectivity index (χ1n) is 8.62. The number of ether oxygens (including phenoxy) is 1. The SMILES string of the molecule is CNC(=O)NC(=O)C(OC(=O)c1ccc(-c2ccc(F)cc2)o1)c1ccccc1. The van der Waals surface area contributed by atoms with Crippen molar-refractivity contribution in [2.45, 2.75) is 6.10 Å². The Labute approximate surface area is 165 Å². The molecule has 2 aromatic carbocycles. The summed E-state index contributed by atoms with van der Waals surface area (Å²) in [5.74, 6) is -1.90. The molecule has 7 nitrogen and oxygen atoms in total. The third kappa shape index (κ3) is 4.86. The molecule has 3 rings (SSSR count). The monoisotopic (exact) mass is 396 g/mol. The van der Waals surface area contributed by atoms with Crippen LogP contribution in [0.25, 0.3) is 11.3 Å². The van der Waals surface area contributed by atoms with E-state index in [1.54, 1.807) is 30.3 Å². The van der Waals surface area contributed by atoms with E-state index in [9.17, 15) is 18.8 Å².